The van der Waals surface area contributed by atoms with Crippen molar-refractivity contribution in [2.75, 3.05) is 24.2 Å². The molecule has 0 aliphatic carbocycles. The fourth-order valence-electron chi connectivity index (χ4n) is 2.92. The number of hydrogen-bond acceptors (Lipinski definition) is 6. The van der Waals surface area contributed by atoms with Crippen molar-refractivity contribution in [1.82, 2.24) is 15.1 Å². The maximum Gasteiger partial charge on any atom is 0.229 e. The maximum absolute atomic E-state index is 13.9. The molecule has 1 saturated heterocycles. The molecule has 0 bridgehead atoms. The highest BCUT2D eigenvalue weighted by atomic mass is 35.5. The summed E-state index contributed by atoms with van der Waals surface area (Å²) in [4.78, 5) is 14.6. The van der Waals surface area contributed by atoms with Gasteiger partial charge in [0.1, 0.15) is 5.82 Å². The standard InChI is InChI=1S/C18H20ClFN4OS2/c1-2-10-26-18-23-22-17(27-18)21-16(25)12-6-8-24(9-7-12)11-13-14(19)4-3-5-15(13)20/h2-5,12H,1,6-11H2,(H,21,22,25). The van der Waals surface area contributed by atoms with Gasteiger partial charge in [0.2, 0.25) is 11.0 Å². The highest BCUT2D eigenvalue weighted by Gasteiger charge is 2.26. The number of piperidine rings is 1. The Bertz CT molecular complexity index is 788. The molecule has 3 rings (SSSR count). The Hall–Kier alpha value is -1.48. The van der Waals surface area contributed by atoms with Crippen LogP contribution in [0.15, 0.2) is 35.2 Å². The number of likely N-dealkylation sites (tertiary alicyclic amines) is 1. The normalized spacial score (nSPS) is 15.6. The van der Waals surface area contributed by atoms with Crippen molar-refractivity contribution in [1.29, 1.82) is 0 Å². The van der Waals surface area contributed by atoms with E-state index in [2.05, 4.69) is 27.0 Å². The van der Waals surface area contributed by atoms with E-state index in [1.165, 1.54) is 29.2 Å². The number of halogens is 2. The van der Waals surface area contributed by atoms with Crippen LogP contribution >= 0.6 is 34.7 Å². The Morgan fingerprint density at radius 1 is 1.44 bits per heavy atom. The fraction of sp³-hybridized carbons (Fsp3) is 0.389. The Morgan fingerprint density at radius 2 is 2.22 bits per heavy atom. The zero-order valence-electron chi connectivity index (χ0n) is 14.7. The van der Waals surface area contributed by atoms with E-state index >= 15 is 0 Å². The SMILES string of the molecule is C=CCSc1nnc(NC(=O)C2CCN(Cc3c(F)cccc3Cl)CC2)s1. The number of carbonyl (C=O) groups is 1. The number of anilines is 1. The fourth-order valence-corrected chi connectivity index (χ4v) is 4.66. The van der Waals surface area contributed by atoms with Crippen molar-refractivity contribution in [3.8, 4) is 0 Å². The summed E-state index contributed by atoms with van der Waals surface area (Å²) in [6.45, 7) is 5.57. The van der Waals surface area contributed by atoms with Crippen molar-refractivity contribution < 1.29 is 9.18 Å². The van der Waals surface area contributed by atoms with Gasteiger partial charge in [-0.25, -0.2) is 4.39 Å². The molecule has 2 aromatic rings. The molecule has 0 unspecified atom stereocenters. The van der Waals surface area contributed by atoms with Crippen LogP contribution in [0, 0.1) is 11.7 Å². The third-order valence-electron chi connectivity index (χ3n) is 4.36. The molecule has 0 spiro atoms. The van der Waals surface area contributed by atoms with Gasteiger partial charge in [-0.2, -0.15) is 0 Å². The van der Waals surface area contributed by atoms with Crippen molar-refractivity contribution in [2.45, 2.75) is 23.7 Å². The van der Waals surface area contributed by atoms with Crippen LogP contribution in [0.25, 0.3) is 0 Å². The predicted octanol–water partition coefficient (Wildman–Crippen LogP) is 4.46. The minimum Gasteiger partial charge on any atom is -0.300 e. The lowest BCUT2D eigenvalue weighted by Crippen LogP contribution is -2.38. The predicted molar refractivity (Wildman–Crippen MR) is 109 cm³/mol. The molecule has 9 heteroatoms. The van der Waals surface area contributed by atoms with Gasteiger partial charge in [0.25, 0.3) is 0 Å². The van der Waals surface area contributed by atoms with E-state index in [-0.39, 0.29) is 17.6 Å². The van der Waals surface area contributed by atoms with Crippen LogP contribution in [0.3, 0.4) is 0 Å². The van der Waals surface area contributed by atoms with E-state index in [4.69, 9.17) is 11.6 Å². The first-order chi connectivity index (χ1) is 13.1. The lowest BCUT2D eigenvalue weighted by molar-refractivity contribution is -0.121. The first-order valence-electron chi connectivity index (χ1n) is 8.60. The minimum absolute atomic E-state index is 0.0324. The Labute approximate surface area is 171 Å². The second kappa shape index (κ2) is 9.64. The topological polar surface area (TPSA) is 58.1 Å². The number of nitrogens with zero attached hydrogens (tertiary/aromatic N) is 3. The minimum atomic E-state index is -0.288. The molecular formula is C18H20ClFN4OS2. The number of nitrogens with one attached hydrogen (secondary N) is 1. The molecule has 1 aromatic carbocycles. The van der Waals surface area contributed by atoms with E-state index in [0.29, 0.717) is 22.3 Å². The molecule has 1 aromatic heterocycles. The van der Waals surface area contributed by atoms with E-state index in [0.717, 1.165) is 36.0 Å². The first-order valence-corrected chi connectivity index (χ1v) is 10.8. The molecule has 1 N–H and O–H groups in total. The van der Waals surface area contributed by atoms with Gasteiger partial charge in [0, 0.05) is 28.8 Å². The molecule has 5 nitrogen and oxygen atoms in total. The van der Waals surface area contributed by atoms with Gasteiger partial charge in [-0.15, -0.1) is 16.8 Å². The molecule has 1 fully saturated rings. The molecule has 1 aliphatic heterocycles. The molecule has 2 heterocycles. The summed E-state index contributed by atoms with van der Waals surface area (Å²) in [5, 5.41) is 11.9. The molecule has 1 amide bonds. The summed E-state index contributed by atoms with van der Waals surface area (Å²) in [6.07, 6.45) is 3.23. The number of benzene rings is 1. The summed E-state index contributed by atoms with van der Waals surface area (Å²) >= 11 is 9.00. The van der Waals surface area contributed by atoms with Crippen LogP contribution in [0.5, 0.6) is 0 Å². The number of amides is 1. The summed E-state index contributed by atoms with van der Waals surface area (Å²) in [6, 6.07) is 4.72. The summed E-state index contributed by atoms with van der Waals surface area (Å²) in [7, 11) is 0. The third-order valence-corrected chi connectivity index (χ3v) is 6.68. The number of hydrogen-bond donors (Lipinski definition) is 1. The third kappa shape index (κ3) is 5.51. The van der Waals surface area contributed by atoms with E-state index in [1.54, 1.807) is 18.2 Å². The van der Waals surface area contributed by atoms with Crippen molar-refractivity contribution in [2.24, 2.45) is 5.92 Å². The van der Waals surface area contributed by atoms with Gasteiger partial charge in [0.15, 0.2) is 4.34 Å². The molecule has 0 radical (unpaired) electrons. The maximum atomic E-state index is 13.9. The highest BCUT2D eigenvalue weighted by molar-refractivity contribution is 8.01. The highest BCUT2D eigenvalue weighted by Crippen LogP contribution is 2.28. The number of thioether (sulfide) groups is 1. The van der Waals surface area contributed by atoms with Gasteiger partial charge in [-0.05, 0) is 38.1 Å². The van der Waals surface area contributed by atoms with Crippen LogP contribution in [-0.2, 0) is 11.3 Å². The molecule has 0 atom stereocenters. The average Bonchev–Trinajstić information content (AvgIpc) is 3.11. The Balaban J connectivity index is 1.49. The smallest absolute Gasteiger partial charge is 0.229 e. The lowest BCUT2D eigenvalue weighted by atomic mass is 9.95. The van der Waals surface area contributed by atoms with Crippen LogP contribution in [0.2, 0.25) is 5.02 Å². The summed E-state index contributed by atoms with van der Waals surface area (Å²) < 4.78 is 14.7. The van der Waals surface area contributed by atoms with Gasteiger partial charge >= 0.3 is 0 Å². The molecule has 27 heavy (non-hydrogen) atoms. The first kappa shape index (κ1) is 20.3. The van der Waals surface area contributed by atoms with Crippen LogP contribution in [-0.4, -0.2) is 39.8 Å². The van der Waals surface area contributed by atoms with Gasteiger partial charge in [0.05, 0.1) is 0 Å². The zero-order chi connectivity index (χ0) is 19.2. The molecule has 144 valence electrons. The number of rotatable bonds is 7. The van der Waals surface area contributed by atoms with Gasteiger partial charge < -0.3 is 5.32 Å². The second-order valence-corrected chi connectivity index (χ2v) is 8.86. The number of aromatic nitrogens is 2. The van der Waals surface area contributed by atoms with Crippen molar-refractivity contribution in [3.05, 3.63) is 47.3 Å². The number of carbonyl (C=O) groups excluding carboxylic acids is 1. The van der Waals surface area contributed by atoms with Crippen molar-refractivity contribution in [3.63, 3.8) is 0 Å². The summed E-state index contributed by atoms with van der Waals surface area (Å²) in [5.74, 6) is 0.358. The van der Waals surface area contributed by atoms with E-state index in [1.807, 2.05) is 0 Å². The Morgan fingerprint density at radius 3 is 2.93 bits per heavy atom. The monoisotopic (exact) mass is 426 g/mol. The van der Waals surface area contributed by atoms with E-state index < -0.39 is 0 Å². The molecule has 1 aliphatic rings. The quantitative estimate of drug-likeness (QED) is 0.402. The summed E-state index contributed by atoms with van der Waals surface area (Å²) in [5.41, 5.74) is 0.514. The van der Waals surface area contributed by atoms with Crippen molar-refractivity contribution >= 4 is 45.7 Å². The Kier molecular flexibility index (Phi) is 7.23. The molecule has 0 saturated carbocycles. The molecular weight excluding hydrogens is 407 g/mol. The van der Waals surface area contributed by atoms with Gasteiger partial charge in [-0.1, -0.05) is 46.8 Å². The zero-order valence-corrected chi connectivity index (χ0v) is 17.0. The largest absolute Gasteiger partial charge is 0.300 e. The average molecular weight is 427 g/mol. The van der Waals surface area contributed by atoms with Crippen LogP contribution in [0.1, 0.15) is 18.4 Å². The second-order valence-electron chi connectivity index (χ2n) is 6.21. The lowest BCUT2D eigenvalue weighted by Gasteiger charge is -2.31. The van der Waals surface area contributed by atoms with Gasteiger partial charge in [-0.3, -0.25) is 9.69 Å². The van der Waals surface area contributed by atoms with E-state index in [9.17, 15) is 9.18 Å². The van der Waals surface area contributed by atoms with Crippen LogP contribution in [0.4, 0.5) is 9.52 Å². The van der Waals surface area contributed by atoms with Crippen LogP contribution < -0.4 is 5.32 Å².